The first-order valence-corrected chi connectivity index (χ1v) is 6.50. The molecule has 2 N–H and O–H groups in total. The number of alkyl halides is 3. The van der Waals surface area contributed by atoms with Crippen molar-refractivity contribution in [1.29, 1.82) is 0 Å². The second-order valence-electron chi connectivity index (χ2n) is 5.16. The van der Waals surface area contributed by atoms with Gasteiger partial charge >= 0.3 is 6.18 Å². The Hall–Kier alpha value is -1.72. The van der Waals surface area contributed by atoms with Crippen LogP contribution in [0.15, 0.2) is 18.2 Å². The maximum absolute atomic E-state index is 12.9. The number of benzene rings is 1. The summed E-state index contributed by atoms with van der Waals surface area (Å²) in [6.45, 7) is 2.60. The van der Waals surface area contributed by atoms with Crippen LogP contribution in [-0.4, -0.2) is 19.5 Å². The summed E-state index contributed by atoms with van der Waals surface area (Å²) in [5.74, 6) is 0.558. The zero-order valence-corrected chi connectivity index (χ0v) is 11.3. The lowest BCUT2D eigenvalue weighted by atomic mass is 10.1. The first kappa shape index (κ1) is 14.7. The summed E-state index contributed by atoms with van der Waals surface area (Å²) < 4.78 is 38.6. The van der Waals surface area contributed by atoms with E-state index in [0.717, 1.165) is 12.5 Å². The molecular formula is C14H17F3N2O. The fourth-order valence-electron chi connectivity index (χ4n) is 2.25. The van der Waals surface area contributed by atoms with E-state index in [1.807, 2.05) is 0 Å². The zero-order chi connectivity index (χ0) is 14.9. The highest BCUT2D eigenvalue weighted by Gasteiger charge is 2.36. The summed E-state index contributed by atoms with van der Waals surface area (Å²) in [5, 5.41) is 5.18. The SMILES string of the molecule is CNc1c(C(=O)NCC2CC2C)cccc1C(F)(F)F. The molecule has 1 aliphatic carbocycles. The highest BCUT2D eigenvalue weighted by atomic mass is 19.4. The van der Waals surface area contributed by atoms with Gasteiger partial charge in [-0.05, 0) is 30.4 Å². The molecule has 0 bridgehead atoms. The van der Waals surface area contributed by atoms with Gasteiger partial charge in [-0.15, -0.1) is 0 Å². The topological polar surface area (TPSA) is 41.1 Å². The predicted molar refractivity (Wildman–Crippen MR) is 70.6 cm³/mol. The summed E-state index contributed by atoms with van der Waals surface area (Å²) in [7, 11) is 1.38. The summed E-state index contributed by atoms with van der Waals surface area (Å²) >= 11 is 0. The van der Waals surface area contributed by atoms with Crippen LogP contribution >= 0.6 is 0 Å². The minimum Gasteiger partial charge on any atom is -0.387 e. The monoisotopic (exact) mass is 286 g/mol. The predicted octanol–water partition coefficient (Wildman–Crippen LogP) is 3.13. The molecule has 0 aromatic heterocycles. The van der Waals surface area contributed by atoms with Crippen LogP contribution in [0.1, 0.15) is 29.3 Å². The molecular weight excluding hydrogens is 269 g/mol. The van der Waals surface area contributed by atoms with Gasteiger partial charge in [0, 0.05) is 13.6 Å². The van der Waals surface area contributed by atoms with Crippen molar-refractivity contribution in [2.24, 2.45) is 11.8 Å². The van der Waals surface area contributed by atoms with E-state index in [1.54, 1.807) is 0 Å². The molecule has 1 amide bonds. The van der Waals surface area contributed by atoms with Gasteiger partial charge in [0.05, 0.1) is 16.8 Å². The van der Waals surface area contributed by atoms with E-state index in [2.05, 4.69) is 17.6 Å². The van der Waals surface area contributed by atoms with E-state index in [1.165, 1.54) is 19.2 Å². The normalized spacial score (nSPS) is 21.4. The molecule has 6 heteroatoms. The Morgan fingerprint density at radius 2 is 2.05 bits per heavy atom. The van der Waals surface area contributed by atoms with Gasteiger partial charge in [-0.3, -0.25) is 4.79 Å². The number of rotatable bonds is 4. The average Bonchev–Trinajstić information content (AvgIpc) is 3.10. The fraction of sp³-hybridized carbons (Fsp3) is 0.500. The van der Waals surface area contributed by atoms with E-state index < -0.39 is 17.6 Å². The molecule has 2 unspecified atom stereocenters. The largest absolute Gasteiger partial charge is 0.418 e. The minimum absolute atomic E-state index is 0.0237. The zero-order valence-electron chi connectivity index (χ0n) is 11.3. The van der Waals surface area contributed by atoms with Crippen LogP contribution in [-0.2, 0) is 6.18 Å². The average molecular weight is 286 g/mol. The number of halogens is 3. The highest BCUT2D eigenvalue weighted by Crippen LogP contribution is 2.38. The van der Waals surface area contributed by atoms with E-state index >= 15 is 0 Å². The van der Waals surface area contributed by atoms with Gasteiger partial charge in [0.1, 0.15) is 0 Å². The molecule has 0 aliphatic heterocycles. The third-order valence-electron chi connectivity index (χ3n) is 3.67. The number of para-hydroxylation sites is 1. The molecule has 2 rings (SSSR count). The van der Waals surface area contributed by atoms with Gasteiger partial charge in [0.2, 0.25) is 0 Å². The molecule has 20 heavy (non-hydrogen) atoms. The maximum atomic E-state index is 12.9. The van der Waals surface area contributed by atoms with Gasteiger partial charge in [-0.1, -0.05) is 13.0 Å². The van der Waals surface area contributed by atoms with Crippen molar-refractivity contribution >= 4 is 11.6 Å². The van der Waals surface area contributed by atoms with Crippen LogP contribution in [0.3, 0.4) is 0 Å². The molecule has 1 saturated carbocycles. The smallest absolute Gasteiger partial charge is 0.387 e. The fourth-order valence-corrected chi connectivity index (χ4v) is 2.25. The summed E-state index contributed by atoms with van der Waals surface area (Å²) in [5.41, 5.74) is -0.982. The van der Waals surface area contributed by atoms with Crippen LogP contribution in [0, 0.1) is 11.8 Å². The molecule has 1 aromatic rings. The van der Waals surface area contributed by atoms with Crippen LogP contribution in [0.4, 0.5) is 18.9 Å². The van der Waals surface area contributed by atoms with Crippen LogP contribution in [0.25, 0.3) is 0 Å². The van der Waals surface area contributed by atoms with Crippen molar-refractivity contribution in [3.63, 3.8) is 0 Å². The quantitative estimate of drug-likeness (QED) is 0.893. The third kappa shape index (κ3) is 3.05. The number of nitrogens with one attached hydrogen (secondary N) is 2. The molecule has 3 nitrogen and oxygen atoms in total. The summed E-state index contributed by atoms with van der Waals surface area (Å²) in [6, 6.07) is 3.61. The van der Waals surface area contributed by atoms with E-state index in [9.17, 15) is 18.0 Å². The molecule has 1 aromatic carbocycles. The number of amides is 1. The maximum Gasteiger partial charge on any atom is 0.418 e. The summed E-state index contributed by atoms with van der Waals surface area (Å²) in [4.78, 5) is 12.0. The molecule has 0 heterocycles. The number of hydrogen-bond acceptors (Lipinski definition) is 2. The van der Waals surface area contributed by atoms with Crippen molar-refractivity contribution in [3.8, 4) is 0 Å². The Bertz CT molecular complexity index is 514. The van der Waals surface area contributed by atoms with E-state index in [0.29, 0.717) is 18.4 Å². The van der Waals surface area contributed by atoms with Crippen LogP contribution in [0.5, 0.6) is 0 Å². The Morgan fingerprint density at radius 1 is 1.40 bits per heavy atom. The summed E-state index contributed by atoms with van der Waals surface area (Å²) in [6.07, 6.45) is -3.43. The van der Waals surface area contributed by atoms with Crippen molar-refractivity contribution in [2.75, 3.05) is 18.9 Å². The third-order valence-corrected chi connectivity index (χ3v) is 3.67. The number of anilines is 1. The lowest BCUT2D eigenvalue weighted by Gasteiger charge is -2.16. The molecule has 110 valence electrons. The van der Waals surface area contributed by atoms with Crippen molar-refractivity contribution in [2.45, 2.75) is 19.5 Å². The second-order valence-corrected chi connectivity index (χ2v) is 5.16. The van der Waals surface area contributed by atoms with Gasteiger partial charge in [0.25, 0.3) is 5.91 Å². The molecule has 1 aliphatic rings. The molecule has 0 radical (unpaired) electrons. The Labute approximate surface area is 115 Å². The van der Waals surface area contributed by atoms with Gasteiger partial charge in [0.15, 0.2) is 0 Å². The van der Waals surface area contributed by atoms with E-state index in [-0.39, 0.29) is 11.3 Å². The lowest BCUT2D eigenvalue weighted by molar-refractivity contribution is -0.136. The lowest BCUT2D eigenvalue weighted by Crippen LogP contribution is -2.27. The number of carbonyl (C=O) groups excluding carboxylic acids is 1. The van der Waals surface area contributed by atoms with Gasteiger partial charge in [-0.25, -0.2) is 0 Å². The highest BCUT2D eigenvalue weighted by molar-refractivity contribution is 6.00. The first-order chi connectivity index (χ1) is 9.34. The molecule has 2 atom stereocenters. The molecule has 1 fully saturated rings. The Balaban J connectivity index is 2.20. The van der Waals surface area contributed by atoms with Crippen molar-refractivity contribution < 1.29 is 18.0 Å². The standard InChI is InChI=1S/C14H17F3N2O/c1-8-6-9(8)7-19-13(20)10-4-3-5-11(12(10)18-2)14(15,16)17/h3-5,8-9,18H,6-7H2,1-2H3,(H,19,20). The van der Waals surface area contributed by atoms with Crippen molar-refractivity contribution in [1.82, 2.24) is 5.32 Å². The Morgan fingerprint density at radius 3 is 2.55 bits per heavy atom. The van der Waals surface area contributed by atoms with Crippen molar-refractivity contribution in [3.05, 3.63) is 29.3 Å². The van der Waals surface area contributed by atoms with Crippen LogP contribution in [0.2, 0.25) is 0 Å². The number of hydrogen-bond donors (Lipinski definition) is 2. The van der Waals surface area contributed by atoms with Crippen LogP contribution < -0.4 is 10.6 Å². The first-order valence-electron chi connectivity index (χ1n) is 6.50. The Kier molecular flexibility index (Phi) is 3.92. The minimum atomic E-state index is -4.49. The van der Waals surface area contributed by atoms with E-state index in [4.69, 9.17) is 0 Å². The molecule has 0 saturated heterocycles. The number of carbonyl (C=O) groups is 1. The van der Waals surface area contributed by atoms with Gasteiger partial charge < -0.3 is 10.6 Å². The second kappa shape index (κ2) is 5.34. The van der Waals surface area contributed by atoms with Gasteiger partial charge in [-0.2, -0.15) is 13.2 Å². The molecule has 0 spiro atoms.